The molecule has 1 aromatic heterocycles. The van der Waals surface area contributed by atoms with Crippen LogP contribution in [-0.4, -0.2) is 21.7 Å². The zero-order valence-electron chi connectivity index (χ0n) is 10.4. The molecule has 5 heteroatoms. The van der Waals surface area contributed by atoms with Gasteiger partial charge in [-0.1, -0.05) is 13.0 Å². The van der Waals surface area contributed by atoms with E-state index in [4.69, 9.17) is 9.84 Å². The Labute approximate surface area is 109 Å². The number of hydrogen-bond donors (Lipinski definition) is 1. The number of carbonyl (C=O) groups is 1. The molecule has 0 spiro atoms. The highest BCUT2D eigenvalue weighted by Gasteiger charge is 2.23. The average Bonchev–Trinajstić information content (AvgIpc) is 2.41. The van der Waals surface area contributed by atoms with E-state index >= 15 is 0 Å². The van der Waals surface area contributed by atoms with Gasteiger partial charge in [0, 0.05) is 6.20 Å². The highest BCUT2D eigenvalue weighted by Crippen LogP contribution is 2.30. The molecule has 0 fully saturated rings. The zero-order chi connectivity index (χ0) is 13.6. The van der Waals surface area contributed by atoms with Crippen LogP contribution in [0.1, 0.15) is 23.7 Å². The number of nitrogens with zero attached hydrogens (tertiary/aromatic N) is 1. The van der Waals surface area contributed by atoms with Gasteiger partial charge in [0.25, 0.3) is 0 Å². The van der Waals surface area contributed by atoms with Gasteiger partial charge in [-0.2, -0.15) is 0 Å². The van der Waals surface area contributed by atoms with E-state index in [9.17, 15) is 9.59 Å². The Bertz CT molecular complexity index is 732. The maximum absolute atomic E-state index is 12.1. The van der Waals surface area contributed by atoms with Crippen LogP contribution in [-0.2, 0) is 6.54 Å². The molecular weight excluding hydrogens is 246 g/mol. The molecule has 19 heavy (non-hydrogen) atoms. The van der Waals surface area contributed by atoms with Crippen LogP contribution >= 0.6 is 0 Å². The molecule has 0 saturated heterocycles. The van der Waals surface area contributed by atoms with Crippen LogP contribution in [0.25, 0.3) is 10.9 Å². The summed E-state index contributed by atoms with van der Waals surface area (Å²) in [5.41, 5.74) is 0.0303. The molecular formula is C14H13NO4. The van der Waals surface area contributed by atoms with Crippen LogP contribution in [0.2, 0.25) is 0 Å². The van der Waals surface area contributed by atoms with Gasteiger partial charge in [0.1, 0.15) is 17.4 Å². The van der Waals surface area contributed by atoms with Gasteiger partial charge in [-0.3, -0.25) is 4.79 Å². The van der Waals surface area contributed by atoms with E-state index in [1.165, 1.54) is 6.20 Å². The summed E-state index contributed by atoms with van der Waals surface area (Å²) in [6.07, 6.45) is 2.24. The van der Waals surface area contributed by atoms with Crippen molar-refractivity contribution in [2.75, 3.05) is 0 Å². The Balaban J connectivity index is 2.37. The number of benzene rings is 1. The van der Waals surface area contributed by atoms with Gasteiger partial charge in [-0.25, -0.2) is 4.79 Å². The number of pyridine rings is 1. The minimum absolute atomic E-state index is 0.00208. The maximum atomic E-state index is 12.1. The summed E-state index contributed by atoms with van der Waals surface area (Å²) in [6, 6.07) is 5.16. The molecule has 0 bridgehead atoms. The molecule has 1 atom stereocenters. The van der Waals surface area contributed by atoms with Crippen molar-refractivity contribution in [2.24, 2.45) is 0 Å². The number of aromatic nitrogens is 1. The van der Waals surface area contributed by atoms with E-state index in [2.05, 4.69) is 0 Å². The van der Waals surface area contributed by atoms with E-state index < -0.39 is 11.4 Å². The second-order valence-electron chi connectivity index (χ2n) is 4.63. The van der Waals surface area contributed by atoms with E-state index in [0.717, 1.165) is 6.42 Å². The highest BCUT2D eigenvalue weighted by atomic mass is 16.5. The highest BCUT2D eigenvalue weighted by molar-refractivity contribution is 5.94. The number of ether oxygens (including phenoxy) is 1. The topological polar surface area (TPSA) is 68.5 Å². The minimum atomic E-state index is -1.19. The molecule has 0 saturated carbocycles. The van der Waals surface area contributed by atoms with E-state index in [0.29, 0.717) is 23.2 Å². The summed E-state index contributed by atoms with van der Waals surface area (Å²) in [5.74, 6) is -0.551. The molecule has 0 aliphatic carbocycles. The second kappa shape index (κ2) is 4.12. The fourth-order valence-electron chi connectivity index (χ4n) is 2.47. The number of rotatable bonds is 2. The molecule has 98 valence electrons. The Morgan fingerprint density at radius 3 is 3.00 bits per heavy atom. The van der Waals surface area contributed by atoms with Crippen molar-refractivity contribution in [1.29, 1.82) is 0 Å². The first-order valence-corrected chi connectivity index (χ1v) is 6.18. The lowest BCUT2D eigenvalue weighted by molar-refractivity contribution is 0.0694. The zero-order valence-corrected chi connectivity index (χ0v) is 10.4. The van der Waals surface area contributed by atoms with Crippen molar-refractivity contribution < 1.29 is 14.6 Å². The summed E-state index contributed by atoms with van der Waals surface area (Å²) in [4.78, 5) is 23.3. The van der Waals surface area contributed by atoms with Crippen LogP contribution in [0, 0.1) is 0 Å². The molecule has 1 aromatic carbocycles. The lowest BCUT2D eigenvalue weighted by Crippen LogP contribution is -2.30. The Morgan fingerprint density at radius 1 is 1.53 bits per heavy atom. The van der Waals surface area contributed by atoms with Gasteiger partial charge in [-0.05, 0) is 18.6 Å². The van der Waals surface area contributed by atoms with Gasteiger partial charge in [-0.15, -0.1) is 0 Å². The molecule has 2 aromatic rings. The van der Waals surface area contributed by atoms with Crippen molar-refractivity contribution in [3.05, 3.63) is 40.2 Å². The Kier molecular flexibility index (Phi) is 2.55. The summed E-state index contributed by atoms with van der Waals surface area (Å²) >= 11 is 0. The van der Waals surface area contributed by atoms with Crippen molar-refractivity contribution in [1.82, 2.24) is 4.57 Å². The molecule has 1 unspecified atom stereocenters. The molecule has 3 rings (SSSR count). The number of para-hydroxylation sites is 1. The fraction of sp³-hybridized carbons (Fsp3) is 0.286. The van der Waals surface area contributed by atoms with Gasteiger partial charge in [0.05, 0.1) is 17.4 Å². The first kappa shape index (κ1) is 11.8. The van der Waals surface area contributed by atoms with Crippen molar-refractivity contribution in [3.8, 4) is 5.75 Å². The van der Waals surface area contributed by atoms with E-state index in [-0.39, 0.29) is 11.7 Å². The first-order valence-electron chi connectivity index (χ1n) is 6.18. The van der Waals surface area contributed by atoms with Crippen LogP contribution < -0.4 is 10.2 Å². The molecule has 5 nitrogen and oxygen atoms in total. The quantitative estimate of drug-likeness (QED) is 0.894. The Hall–Kier alpha value is -2.30. The first-order chi connectivity index (χ1) is 9.11. The summed E-state index contributed by atoms with van der Waals surface area (Å²) < 4.78 is 7.61. The van der Waals surface area contributed by atoms with Crippen LogP contribution in [0.15, 0.2) is 29.2 Å². The molecule has 1 aliphatic heterocycles. The molecule has 0 amide bonds. The Morgan fingerprint density at radius 2 is 2.32 bits per heavy atom. The molecule has 0 radical (unpaired) electrons. The normalized spacial score (nSPS) is 17.2. The summed E-state index contributed by atoms with van der Waals surface area (Å²) in [6.45, 7) is 2.57. The predicted molar refractivity (Wildman–Crippen MR) is 69.9 cm³/mol. The lowest BCUT2D eigenvalue weighted by atomic mass is 10.1. The van der Waals surface area contributed by atoms with E-state index in [1.54, 1.807) is 18.2 Å². The standard InChI is InChI=1S/C14H13NO4/c1-2-8-6-15-7-10(14(17)18)13(16)9-4-3-5-11(19-8)12(9)15/h3-5,7-8H,2,6H2,1H3,(H,17,18). The SMILES string of the molecule is CCC1Cn2cc(C(=O)O)c(=O)c3cccc(c32)O1. The minimum Gasteiger partial charge on any atom is -0.486 e. The van der Waals surface area contributed by atoms with Gasteiger partial charge in [0.2, 0.25) is 5.43 Å². The molecule has 1 N–H and O–H groups in total. The number of aromatic carboxylic acids is 1. The third-order valence-electron chi connectivity index (χ3n) is 3.44. The third kappa shape index (κ3) is 1.69. The van der Waals surface area contributed by atoms with Crippen LogP contribution in [0.4, 0.5) is 0 Å². The fourth-order valence-corrected chi connectivity index (χ4v) is 2.47. The monoisotopic (exact) mass is 259 g/mol. The van der Waals surface area contributed by atoms with Crippen molar-refractivity contribution in [2.45, 2.75) is 26.0 Å². The van der Waals surface area contributed by atoms with Gasteiger partial charge in [0.15, 0.2) is 0 Å². The predicted octanol–water partition coefficient (Wildman–Crippen LogP) is 1.87. The number of carboxylic acids is 1. The average molecular weight is 259 g/mol. The smallest absolute Gasteiger partial charge is 0.341 e. The maximum Gasteiger partial charge on any atom is 0.341 e. The molecule has 2 heterocycles. The largest absolute Gasteiger partial charge is 0.486 e. The van der Waals surface area contributed by atoms with Gasteiger partial charge < -0.3 is 14.4 Å². The third-order valence-corrected chi connectivity index (χ3v) is 3.44. The van der Waals surface area contributed by atoms with Gasteiger partial charge >= 0.3 is 5.97 Å². The summed E-state index contributed by atoms with van der Waals surface area (Å²) in [5, 5.41) is 9.51. The van der Waals surface area contributed by atoms with E-state index in [1.807, 2.05) is 11.5 Å². The lowest BCUT2D eigenvalue weighted by Gasteiger charge is -2.27. The molecule has 1 aliphatic rings. The van der Waals surface area contributed by atoms with Crippen LogP contribution in [0.5, 0.6) is 5.75 Å². The van der Waals surface area contributed by atoms with Crippen molar-refractivity contribution >= 4 is 16.9 Å². The number of carboxylic acid groups (broad SMARTS) is 1. The summed E-state index contributed by atoms with van der Waals surface area (Å²) in [7, 11) is 0. The second-order valence-corrected chi connectivity index (χ2v) is 4.63. The van der Waals surface area contributed by atoms with Crippen molar-refractivity contribution in [3.63, 3.8) is 0 Å². The van der Waals surface area contributed by atoms with Crippen LogP contribution in [0.3, 0.4) is 0 Å². The number of hydrogen-bond acceptors (Lipinski definition) is 3.